The summed E-state index contributed by atoms with van der Waals surface area (Å²) in [6.45, 7) is 2.28. The van der Waals surface area contributed by atoms with Crippen LogP contribution < -0.4 is 0 Å². The van der Waals surface area contributed by atoms with Gasteiger partial charge in [-0.3, -0.25) is 4.79 Å². The van der Waals surface area contributed by atoms with Crippen LogP contribution in [0.15, 0.2) is 0 Å². The average Bonchev–Trinajstić information content (AvgIpc) is 2.68. The fourth-order valence-corrected chi connectivity index (χ4v) is 3.29. The van der Waals surface area contributed by atoms with E-state index in [1.165, 1.54) is 89.9 Å². The third-order valence-corrected chi connectivity index (χ3v) is 5.09. The van der Waals surface area contributed by atoms with E-state index in [9.17, 15) is 4.79 Å². The predicted octanol–water partition coefficient (Wildman–Crippen LogP) is 7.90. The van der Waals surface area contributed by atoms with Gasteiger partial charge in [0.25, 0.3) is 0 Å². The van der Waals surface area contributed by atoms with Gasteiger partial charge in [0.1, 0.15) is 0 Å². The van der Waals surface area contributed by atoms with Gasteiger partial charge in [-0.1, -0.05) is 109 Å². The van der Waals surface area contributed by atoms with Crippen LogP contribution >= 0.6 is 0 Å². The second kappa shape index (κ2) is 23.6. The normalized spacial score (nSPS) is 10.0. The number of carbonyl (C=O) groups is 1. The zero-order valence-electron chi connectivity index (χ0n) is 18.5. The Hall–Kier alpha value is -1.41. The monoisotopic (exact) mass is 388 g/mol. The Balaban J connectivity index is 3.21. The lowest BCUT2D eigenvalue weighted by molar-refractivity contribution is -0.137. The van der Waals surface area contributed by atoms with Crippen molar-refractivity contribution in [2.75, 3.05) is 0 Å². The SMILES string of the molecule is CCCCCCCCCCCCCCCCC#CC#CCCCCCC(=O)O. The summed E-state index contributed by atoms with van der Waals surface area (Å²) in [5.41, 5.74) is 0. The van der Waals surface area contributed by atoms with E-state index in [0.29, 0.717) is 0 Å². The van der Waals surface area contributed by atoms with Gasteiger partial charge in [-0.05, 0) is 31.1 Å². The summed E-state index contributed by atoms with van der Waals surface area (Å²) in [7, 11) is 0. The van der Waals surface area contributed by atoms with Gasteiger partial charge in [0, 0.05) is 19.3 Å². The number of unbranched alkanes of at least 4 members (excludes halogenated alkanes) is 17. The maximum Gasteiger partial charge on any atom is 0.303 e. The Bertz CT molecular complexity index is 458. The molecule has 28 heavy (non-hydrogen) atoms. The molecule has 2 heteroatoms. The van der Waals surface area contributed by atoms with Crippen molar-refractivity contribution in [3.63, 3.8) is 0 Å². The first kappa shape index (κ1) is 26.6. The van der Waals surface area contributed by atoms with E-state index in [0.717, 1.165) is 32.1 Å². The first-order valence-electron chi connectivity index (χ1n) is 11.9. The minimum Gasteiger partial charge on any atom is -0.481 e. The quantitative estimate of drug-likeness (QED) is 0.180. The number of rotatable bonds is 19. The lowest BCUT2D eigenvalue weighted by Gasteiger charge is -2.02. The zero-order valence-corrected chi connectivity index (χ0v) is 18.5. The molecule has 0 aromatic rings. The van der Waals surface area contributed by atoms with Crippen LogP contribution in [0.1, 0.15) is 135 Å². The molecule has 0 heterocycles. The number of hydrogen-bond donors (Lipinski definition) is 1. The minimum absolute atomic E-state index is 0.270. The van der Waals surface area contributed by atoms with Crippen LogP contribution in [-0.2, 0) is 4.79 Å². The Kier molecular flexibility index (Phi) is 22.4. The summed E-state index contributed by atoms with van der Waals surface area (Å²) in [4.78, 5) is 10.4. The highest BCUT2D eigenvalue weighted by Gasteiger charge is 1.95. The molecule has 1 N–H and O–H groups in total. The second-order valence-electron chi connectivity index (χ2n) is 7.90. The van der Waals surface area contributed by atoms with Crippen molar-refractivity contribution in [3.8, 4) is 23.7 Å². The third kappa shape index (κ3) is 24.6. The molecule has 0 atom stereocenters. The van der Waals surface area contributed by atoms with Gasteiger partial charge in [-0.25, -0.2) is 0 Å². The van der Waals surface area contributed by atoms with Crippen molar-refractivity contribution in [3.05, 3.63) is 0 Å². The zero-order chi connectivity index (χ0) is 20.5. The van der Waals surface area contributed by atoms with E-state index in [1.54, 1.807) is 0 Å². The van der Waals surface area contributed by atoms with Crippen molar-refractivity contribution in [1.29, 1.82) is 0 Å². The molecule has 0 aromatic carbocycles. The molecule has 0 amide bonds. The fourth-order valence-electron chi connectivity index (χ4n) is 3.29. The van der Waals surface area contributed by atoms with Gasteiger partial charge >= 0.3 is 5.97 Å². The number of hydrogen-bond acceptors (Lipinski definition) is 1. The molecule has 0 aliphatic heterocycles. The number of aliphatic carboxylic acids is 1. The molecule has 0 aliphatic carbocycles. The van der Waals surface area contributed by atoms with E-state index < -0.39 is 5.97 Å². The van der Waals surface area contributed by atoms with Crippen LogP contribution in [0, 0.1) is 23.7 Å². The van der Waals surface area contributed by atoms with Gasteiger partial charge < -0.3 is 5.11 Å². The number of carboxylic acids is 1. The van der Waals surface area contributed by atoms with Crippen LogP contribution in [0.4, 0.5) is 0 Å². The molecule has 0 bridgehead atoms. The number of carboxylic acid groups (broad SMARTS) is 1. The Morgan fingerprint density at radius 1 is 0.571 bits per heavy atom. The molecule has 0 fully saturated rings. The van der Waals surface area contributed by atoms with Crippen LogP contribution in [0.25, 0.3) is 0 Å². The van der Waals surface area contributed by atoms with Crippen LogP contribution in [0.2, 0.25) is 0 Å². The molecule has 0 spiro atoms. The van der Waals surface area contributed by atoms with Gasteiger partial charge in [-0.15, -0.1) is 0 Å². The molecule has 2 nitrogen and oxygen atoms in total. The summed E-state index contributed by atoms with van der Waals surface area (Å²) < 4.78 is 0. The molecule has 0 saturated heterocycles. The highest BCUT2D eigenvalue weighted by atomic mass is 16.4. The Morgan fingerprint density at radius 3 is 1.32 bits per heavy atom. The van der Waals surface area contributed by atoms with Crippen molar-refractivity contribution in [2.45, 2.75) is 135 Å². The summed E-state index contributed by atoms with van der Waals surface area (Å²) in [5, 5.41) is 8.54. The molecular weight excluding hydrogens is 344 g/mol. The fraction of sp³-hybridized carbons (Fsp3) is 0.808. The summed E-state index contributed by atoms with van der Waals surface area (Å²) in [6, 6.07) is 0. The first-order chi connectivity index (χ1) is 13.8. The molecule has 0 aliphatic rings. The van der Waals surface area contributed by atoms with Crippen LogP contribution in [-0.4, -0.2) is 11.1 Å². The Morgan fingerprint density at radius 2 is 0.929 bits per heavy atom. The van der Waals surface area contributed by atoms with E-state index in [4.69, 9.17) is 5.11 Å². The third-order valence-electron chi connectivity index (χ3n) is 5.09. The van der Waals surface area contributed by atoms with E-state index >= 15 is 0 Å². The van der Waals surface area contributed by atoms with E-state index in [2.05, 4.69) is 30.6 Å². The smallest absolute Gasteiger partial charge is 0.303 e. The molecule has 0 rings (SSSR count). The van der Waals surface area contributed by atoms with Gasteiger partial charge in [-0.2, -0.15) is 0 Å². The van der Waals surface area contributed by atoms with Crippen molar-refractivity contribution in [2.24, 2.45) is 0 Å². The molecule has 160 valence electrons. The highest BCUT2D eigenvalue weighted by Crippen LogP contribution is 2.13. The molecule has 0 unspecified atom stereocenters. The van der Waals surface area contributed by atoms with Crippen LogP contribution in [0.5, 0.6) is 0 Å². The van der Waals surface area contributed by atoms with Gasteiger partial charge in [0.05, 0.1) is 0 Å². The first-order valence-corrected chi connectivity index (χ1v) is 11.9. The topological polar surface area (TPSA) is 37.3 Å². The summed E-state index contributed by atoms with van der Waals surface area (Å²) in [5.74, 6) is 11.3. The lowest BCUT2D eigenvalue weighted by atomic mass is 10.0. The van der Waals surface area contributed by atoms with Gasteiger partial charge in [0.15, 0.2) is 0 Å². The van der Waals surface area contributed by atoms with E-state index in [1.807, 2.05) is 0 Å². The van der Waals surface area contributed by atoms with Gasteiger partial charge in [0.2, 0.25) is 0 Å². The average molecular weight is 389 g/mol. The molecule has 0 saturated carbocycles. The standard InChI is InChI=1S/C26H44O2/c1-2-3-4-5-6-7-8-9-10-11-12-13-14-15-16-17-18-19-20-21-22-23-24-25-26(27)28/h2-16,21-25H2,1H3,(H,27,28). The minimum atomic E-state index is -0.708. The molecule has 0 radical (unpaired) electrons. The highest BCUT2D eigenvalue weighted by molar-refractivity contribution is 5.66. The second-order valence-corrected chi connectivity index (χ2v) is 7.90. The summed E-state index contributed by atoms with van der Waals surface area (Å²) in [6.07, 6.45) is 24.1. The Labute approximate surface area is 175 Å². The van der Waals surface area contributed by atoms with Crippen molar-refractivity contribution < 1.29 is 9.90 Å². The lowest BCUT2D eigenvalue weighted by Crippen LogP contribution is -1.93. The summed E-state index contributed by atoms with van der Waals surface area (Å²) >= 11 is 0. The molecule has 0 aromatic heterocycles. The van der Waals surface area contributed by atoms with Crippen molar-refractivity contribution in [1.82, 2.24) is 0 Å². The largest absolute Gasteiger partial charge is 0.481 e. The van der Waals surface area contributed by atoms with E-state index in [-0.39, 0.29) is 6.42 Å². The van der Waals surface area contributed by atoms with Crippen LogP contribution in [0.3, 0.4) is 0 Å². The maximum atomic E-state index is 10.4. The van der Waals surface area contributed by atoms with Crippen molar-refractivity contribution >= 4 is 5.97 Å². The maximum absolute atomic E-state index is 10.4. The molecular formula is C26H44O2. The predicted molar refractivity (Wildman–Crippen MR) is 121 cm³/mol.